The molecule has 0 heterocycles. The molecule has 0 saturated heterocycles. The fraction of sp³-hybridized carbons (Fsp3) is 0.778. The first-order chi connectivity index (χ1) is 5.33. The van der Waals surface area contributed by atoms with Gasteiger partial charge in [0.1, 0.15) is 0 Å². The van der Waals surface area contributed by atoms with Gasteiger partial charge in [-0.2, -0.15) is 0 Å². The monoisotopic (exact) mass is 155 g/mol. The van der Waals surface area contributed by atoms with Gasteiger partial charge in [-0.3, -0.25) is 4.79 Å². The highest BCUT2D eigenvalue weighted by molar-refractivity contribution is 5.79. The first kappa shape index (κ1) is 8.57. The van der Waals surface area contributed by atoms with Crippen LogP contribution in [-0.4, -0.2) is 13.1 Å². The van der Waals surface area contributed by atoms with Crippen molar-refractivity contribution in [3.05, 3.63) is 6.42 Å². The Kier molecular flexibility index (Phi) is 3.40. The molecular formula is C9H15O2. The van der Waals surface area contributed by atoms with E-state index in [9.17, 15) is 4.79 Å². The summed E-state index contributed by atoms with van der Waals surface area (Å²) >= 11 is 0. The molecular weight excluding hydrogens is 140 g/mol. The molecule has 0 aliphatic heterocycles. The van der Waals surface area contributed by atoms with E-state index in [1.165, 1.54) is 26.4 Å². The molecule has 1 aliphatic carbocycles. The molecule has 1 radical (unpaired) electrons. The van der Waals surface area contributed by atoms with Gasteiger partial charge in [0.05, 0.1) is 13.5 Å². The number of hydrogen-bond donors (Lipinski definition) is 0. The molecule has 0 aromatic heterocycles. The van der Waals surface area contributed by atoms with E-state index in [0.717, 1.165) is 12.8 Å². The van der Waals surface area contributed by atoms with Gasteiger partial charge in [-0.05, 0) is 18.8 Å². The summed E-state index contributed by atoms with van der Waals surface area (Å²) in [4.78, 5) is 10.8. The van der Waals surface area contributed by atoms with Crippen LogP contribution >= 0.6 is 0 Å². The van der Waals surface area contributed by atoms with Crippen molar-refractivity contribution in [3.8, 4) is 0 Å². The van der Waals surface area contributed by atoms with Crippen molar-refractivity contribution < 1.29 is 9.53 Å². The molecule has 1 rings (SSSR count). The van der Waals surface area contributed by atoms with Crippen molar-refractivity contribution in [1.82, 2.24) is 0 Å². The molecule has 1 aliphatic rings. The number of hydrogen-bond acceptors (Lipinski definition) is 2. The zero-order chi connectivity index (χ0) is 8.10. The summed E-state index contributed by atoms with van der Waals surface area (Å²) in [5, 5.41) is 0. The molecule has 0 unspecified atom stereocenters. The van der Waals surface area contributed by atoms with Gasteiger partial charge < -0.3 is 4.74 Å². The summed E-state index contributed by atoms with van der Waals surface area (Å²) in [7, 11) is 1.43. The molecule has 2 nitrogen and oxygen atoms in total. The van der Waals surface area contributed by atoms with Crippen LogP contribution in [0.3, 0.4) is 0 Å². The van der Waals surface area contributed by atoms with E-state index in [2.05, 4.69) is 4.74 Å². The number of carbonyl (C=O) groups is 1. The van der Waals surface area contributed by atoms with Crippen LogP contribution in [-0.2, 0) is 9.53 Å². The maximum absolute atomic E-state index is 10.8. The Labute approximate surface area is 67.9 Å². The Bertz CT molecular complexity index is 126. The Hall–Kier alpha value is -0.530. The number of ether oxygens (including phenoxy) is 1. The number of methoxy groups -OCH3 is 1. The maximum Gasteiger partial charge on any atom is 0.309 e. The lowest BCUT2D eigenvalue weighted by molar-refractivity contribution is -0.137. The second-order valence-electron chi connectivity index (χ2n) is 3.09. The van der Waals surface area contributed by atoms with Crippen LogP contribution in [0.2, 0.25) is 0 Å². The summed E-state index contributed by atoms with van der Waals surface area (Å²) in [6, 6.07) is 0. The zero-order valence-electron chi connectivity index (χ0n) is 7.01. The van der Waals surface area contributed by atoms with Crippen LogP contribution in [0.25, 0.3) is 0 Å². The van der Waals surface area contributed by atoms with Crippen LogP contribution < -0.4 is 0 Å². The highest BCUT2D eigenvalue weighted by Gasteiger charge is 2.17. The molecule has 2 heteroatoms. The second kappa shape index (κ2) is 4.37. The average molecular weight is 155 g/mol. The van der Waals surface area contributed by atoms with E-state index in [4.69, 9.17) is 0 Å². The largest absolute Gasteiger partial charge is 0.469 e. The summed E-state index contributed by atoms with van der Waals surface area (Å²) < 4.78 is 4.56. The van der Waals surface area contributed by atoms with Gasteiger partial charge >= 0.3 is 5.97 Å². The van der Waals surface area contributed by atoms with Crippen LogP contribution in [0, 0.1) is 12.3 Å². The minimum atomic E-state index is -0.170. The quantitative estimate of drug-likeness (QED) is 0.570. The number of carbonyl (C=O) groups excluding carboxylic acids is 1. The molecule has 0 aromatic rings. The molecule has 0 spiro atoms. The van der Waals surface area contributed by atoms with Crippen LogP contribution in [0.5, 0.6) is 0 Å². The summed E-state index contributed by atoms with van der Waals surface area (Å²) in [6.07, 6.45) is 7.89. The first-order valence-electron chi connectivity index (χ1n) is 4.26. The smallest absolute Gasteiger partial charge is 0.309 e. The summed E-state index contributed by atoms with van der Waals surface area (Å²) in [5.74, 6) is 0.313. The van der Waals surface area contributed by atoms with Gasteiger partial charge in [0.25, 0.3) is 0 Å². The molecule has 63 valence electrons. The number of rotatable bonds is 2. The third kappa shape index (κ3) is 2.91. The van der Waals surface area contributed by atoms with Crippen molar-refractivity contribution in [2.24, 2.45) is 5.92 Å². The minimum absolute atomic E-state index is 0.170. The van der Waals surface area contributed by atoms with Crippen LogP contribution in [0.4, 0.5) is 0 Å². The van der Waals surface area contributed by atoms with Gasteiger partial charge in [-0.25, -0.2) is 0 Å². The standard InChI is InChI=1S/C9H15O2/c1-11-9(10)7-8-5-3-2-4-6-8/h7-8H,2-6H2,1H3. The van der Waals surface area contributed by atoms with Crippen molar-refractivity contribution in [2.75, 3.05) is 7.11 Å². The van der Waals surface area contributed by atoms with Gasteiger partial charge in [0.2, 0.25) is 0 Å². The molecule has 0 bridgehead atoms. The lowest BCUT2D eigenvalue weighted by atomic mass is 9.87. The predicted molar refractivity (Wildman–Crippen MR) is 42.9 cm³/mol. The third-order valence-corrected chi connectivity index (χ3v) is 2.22. The SMILES string of the molecule is COC(=O)[CH]C1CCCCC1. The van der Waals surface area contributed by atoms with Crippen LogP contribution in [0.15, 0.2) is 0 Å². The normalized spacial score (nSPS) is 19.7. The molecule has 0 aromatic carbocycles. The fourth-order valence-corrected chi connectivity index (χ4v) is 1.56. The van der Waals surface area contributed by atoms with Gasteiger partial charge in [-0.1, -0.05) is 19.3 Å². The van der Waals surface area contributed by atoms with Crippen molar-refractivity contribution in [3.63, 3.8) is 0 Å². The van der Waals surface area contributed by atoms with E-state index < -0.39 is 0 Å². The summed E-state index contributed by atoms with van der Waals surface area (Å²) in [5.41, 5.74) is 0. The predicted octanol–water partition coefficient (Wildman–Crippen LogP) is 1.94. The molecule has 0 N–H and O–H groups in total. The first-order valence-corrected chi connectivity index (χ1v) is 4.26. The highest BCUT2D eigenvalue weighted by atomic mass is 16.5. The lowest BCUT2D eigenvalue weighted by Crippen LogP contribution is -2.13. The lowest BCUT2D eigenvalue weighted by Gasteiger charge is -2.19. The third-order valence-electron chi connectivity index (χ3n) is 2.22. The van der Waals surface area contributed by atoms with E-state index in [-0.39, 0.29) is 5.97 Å². The minimum Gasteiger partial charge on any atom is -0.469 e. The molecule has 0 amide bonds. The van der Waals surface area contributed by atoms with E-state index in [1.54, 1.807) is 6.42 Å². The van der Waals surface area contributed by atoms with E-state index in [1.807, 2.05) is 0 Å². The zero-order valence-corrected chi connectivity index (χ0v) is 7.01. The fourth-order valence-electron chi connectivity index (χ4n) is 1.56. The second-order valence-corrected chi connectivity index (χ2v) is 3.09. The average Bonchev–Trinajstić information content (AvgIpc) is 2.06. The topological polar surface area (TPSA) is 26.3 Å². The Morgan fingerprint density at radius 2 is 2.00 bits per heavy atom. The van der Waals surface area contributed by atoms with E-state index in [0.29, 0.717) is 5.92 Å². The maximum atomic E-state index is 10.8. The molecule has 0 atom stereocenters. The van der Waals surface area contributed by atoms with Crippen molar-refractivity contribution >= 4 is 5.97 Å². The Morgan fingerprint density at radius 1 is 1.36 bits per heavy atom. The van der Waals surface area contributed by atoms with Gasteiger partial charge in [0.15, 0.2) is 0 Å². The Morgan fingerprint density at radius 3 is 2.55 bits per heavy atom. The van der Waals surface area contributed by atoms with E-state index >= 15 is 0 Å². The van der Waals surface area contributed by atoms with Gasteiger partial charge in [-0.15, -0.1) is 0 Å². The molecule has 11 heavy (non-hydrogen) atoms. The Balaban J connectivity index is 2.19. The highest BCUT2D eigenvalue weighted by Crippen LogP contribution is 2.25. The summed E-state index contributed by atoms with van der Waals surface area (Å²) in [6.45, 7) is 0. The van der Waals surface area contributed by atoms with Crippen molar-refractivity contribution in [2.45, 2.75) is 32.1 Å². The van der Waals surface area contributed by atoms with Gasteiger partial charge in [0, 0.05) is 0 Å². The van der Waals surface area contributed by atoms with Crippen LogP contribution in [0.1, 0.15) is 32.1 Å². The van der Waals surface area contributed by atoms with Crippen molar-refractivity contribution in [1.29, 1.82) is 0 Å². The molecule has 1 saturated carbocycles. The molecule has 1 fully saturated rings. The number of esters is 1.